The van der Waals surface area contributed by atoms with Crippen molar-refractivity contribution in [3.8, 4) is 0 Å². The van der Waals surface area contributed by atoms with Gasteiger partial charge in [0, 0.05) is 14.2 Å². The summed E-state index contributed by atoms with van der Waals surface area (Å²) >= 11 is 3.52. The SMILES string of the molecule is O=C(O)c1ccc(F)c(SCc2ccc(I)cc2)c1. The van der Waals surface area contributed by atoms with Crippen molar-refractivity contribution >= 4 is 40.3 Å². The van der Waals surface area contributed by atoms with Gasteiger partial charge < -0.3 is 5.11 Å². The third-order valence-corrected chi connectivity index (χ3v) is 4.31. The first-order chi connectivity index (χ1) is 9.06. The molecule has 2 aromatic rings. The number of hydrogen-bond donors (Lipinski definition) is 1. The van der Waals surface area contributed by atoms with Gasteiger partial charge in [-0.25, -0.2) is 9.18 Å². The lowest BCUT2D eigenvalue weighted by Gasteiger charge is -2.05. The smallest absolute Gasteiger partial charge is 0.335 e. The van der Waals surface area contributed by atoms with Crippen LogP contribution < -0.4 is 0 Å². The van der Waals surface area contributed by atoms with Gasteiger partial charge in [0.2, 0.25) is 0 Å². The van der Waals surface area contributed by atoms with Crippen molar-refractivity contribution in [1.82, 2.24) is 0 Å². The van der Waals surface area contributed by atoms with E-state index in [4.69, 9.17) is 5.11 Å². The summed E-state index contributed by atoms with van der Waals surface area (Å²) in [6.07, 6.45) is 0. The summed E-state index contributed by atoms with van der Waals surface area (Å²) < 4.78 is 14.7. The molecule has 0 spiro atoms. The molecule has 19 heavy (non-hydrogen) atoms. The molecule has 2 aromatic carbocycles. The zero-order valence-corrected chi connectivity index (χ0v) is 12.7. The van der Waals surface area contributed by atoms with Crippen LogP contribution in [0.1, 0.15) is 15.9 Å². The average molecular weight is 388 g/mol. The van der Waals surface area contributed by atoms with Crippen LogP contribution in [0.15, 0.2) is 47.4 Å². The third kappa shape index (κ3) is 3.94. The number of carboxylic acids is 1. The van der Waals surface area contributed by atoms with Crippen molar-refractivity contribution in [1.29, 1.82) is 0 Å². The van der Waals surface area contributed by atoms with Gasteiger partial charge in [-0.2, -0.15) is 0 Å². The van der Waals surface area contributed by atoms with Crippen molar-refractivity contribution in [3.63, 3.8) is 0 Å². The van der Waals surface area contributed by atoms with E-state index in [-0.39, 0.29) is 11.4 Å². The van der Waals surface area contributed by atoms with Gasteiger partial charge in [0.15, 0.2) is 0 Å². The maximum absolute atomic E-state index is 13.6. The minimum atomic E-state index is -1.05. The van der Waals surface area contributed by atoms with Gasteiger partial charge in [0.05, 0.1) is 5.56 Å². The highest BCUT2D eigenvalue weighted by molar-refractivity contribution is 14.1. The Bertz CT molecular complexity index is 599. The predicted octanol–water partition coefficient (Wildman–Crippen LogP) is 4.42. The molecular formula is C14H10FIO2S. The fourth-order valence-electron chi connectivity index (χ4n) is 1.49. The van der Waals surface area contributed by atoms with Gasteiger partial charge in [-0.3, -0.25) is 0 Å². The molecule has 0 aliphatic carbocycles. The Hall–Kier alpha value is -1.08. The zero-order chi connectivity index (χ0) is 13.8. The standard InChI is InChI=1S/C14H10FIO2S/c15-12-6-3-10(14(17)18)7-13(12)19-8-9-1-4-11(16)5-2-9/h1-7H,8H2,(H,17,18). The minimum absolute atomic E-state index is 0.103. The summed E-state index contributed by atoms with van der Waals surface area (Å²) in [7, 11) is 0. The summed E-state index contributed by atoms with van der Waals surface area (Å²) in [5.74, 6) is -0.826. The second-order valence-electron chi connectivity index (χ2n) is 3.87. The highest BCUT2D eigenvalue weighted by atomic mass is 127. The van der Waals surface area contributed by atoms with E-state index in [0.717, 1.165) is 9.13 Å². The normalized spacial score (nSPS) is 10.4. The largest absolute Gasteiger partial charge is 0.478 e. The van der Waals surface area contributed by atoms with Crippen LogP contribution in [0.25, 0.3) is 0 Å². The molecule has 98 valence electrons. The molecule has 0 bridgehead atoms. The number of thioether (sulfide) groups is 1. The first kappa shape index (κ1) is 14.3. The first-order valence-corrected chi connectivity index (χ1v) is 7.53. The molecule has 0 unspecified atom stereocenters. The predicted molar refractivity (Wildman–Crippen MR) is 82.1 cm³/mol. The van der Waals surface area contributed by atoms with Crippen molar-refractivity contribution in [2.24, 2.45) is 0 Å². The topological polar surface area (TPSA) is 37.3 Å². The van der Waals surface area contributed by atoms with E-state index in [9.17, 15) is 9.18 Å². The molecule has 0 radical (unpaired) electrons. The average Bonchev–Trinajstić information content (AvgIpc) is 2.39. The summed E-state index contributed by atoms with van der Waals surface area (Å²) in [5, 5.41) is 8.88. The molecule has 0 saturated carbocycles. The molecule has 0 aliphatic rings. The molecule has 2 rings (SSSR count). The van der Waals surface area contributed by atoms with Gasteiger partial charge in [-0.1, -0.05) is 12.1 Å². The maximum Gasteiger partial charge on any atom is 0.335 e. The molecular weight excluding hydrogens is 378 g/mol. The van der Waals surface area contributed by atoms with Gasteiger partial charge >= 0.3 is 5.97 Å². The molecule has 0 saturated heterocycles. The molecule has 2 nitrogen and oxygen atoms in total. The molecule has 0 aliphatic heterocycles. The van der Waals surface area contributed by atoms with E-state index in [1.807, 2.05) is 24.3 Å². The van der Waals surface area contributed by atoms with Crippen molar-refractivity contribution in [3.05, 3.63) is 63.0 Å². The Labute approximate surface area is 128 Å². The minimum Gasteiger partial charge on any atom is -0.478 e. The number of rotatable bonds is 4. The number of carbonyl (C=O) groups is 1. The second kappa shape index (κ2) is 6.38. The van der Waals surface area contributed by atoms with Gasteiger partial charge in [0.25, 0.3) is 0 Å². The Balaban J connectivity index is 2.12. The maximum atomic E-state index is 13.6. The van der Waals surface area contributed by atoms with Gasteiger partial charge in [0.1, 0.15) is 5.82 Å². The van der Waals surface area contributed by atoms with E-state index in [1.165, 1.54) is 30.0 Å². The molecule has 0 aromatic heterocycles. The van der Waals surface area contributed by atoms with Crippen LogP contribution in [-0.2, 0) is 5.75 Å². The van der Waals surface area contributed by atoms with Crippen LogP contribution in [0.3, 0.4) is 0 Å². The Morgan fingerprint density at radius 1 is 1.21 bits per heavy atom. The molecule has 1 N–H and O–H groups in total. The first-order valence-electron chi connectivity index (χ1n) is 5.46. The Kier molecular flexibility index (Phi) is 4.81. The molecule has 0 amide bonds. The van der Waals surface area contributed by atoms with Crippen LogP contribution >= 0.6 is 34.4 Å². The molecule has 5 heteroatoms. The lowest BCUT2D eigenvalue weighted by Crippen LogP contribution is -1.97. The fraction of sp³-hybridized carbons (Fsp3) is 0.0714. The van der Waals surface area contributed by atoms with Crippen LogP contribution in [0.2, 0.25) is 0 Å². The van der Waals surface area contributed by atoms with Crippen molar-refractivity contribution in [2.75, 3.05) is 0 Å². The number of hydrogen-bond acceptors (Lipinski definition) is 2. The Morgan fingerprint density at radius 3 is 2.53 bits per heavy atom. The quantitative estimate of drug-likeness (QED) is 0.623. The summed E-state index contributed by atoms with van der Waals surface area (Å²) in [6.45, 7) is 0. The van der Waals surface area contributed by atoms with Crippen LogP contribution in [-0.4, -0.2) is 11.1 Å². The molecule has 0 fully saturated rings. The highest BCUT2D eigenvalue weighted by Gasteiger charge is 2.09. The van der Waals surface area contributed by atoms with E-state index >= 15 is 0 Å². The van der Waals surface area contributed by atoms with Crippen molar-refractivity contribution in [2.45, 2.75) is 10.6 Å². The number of carboxylic acid groups (broad SMARTS) is 1. The van der Waals surface area contributed by atoms with E-state index < -0.39 is 5.97 Å². The van der Waals surface area contributed by atoms with Crippen LogP contribution in [0.4, 0.5) is 4.39 Å². The van der Waals surface area contributed by atoms with Crippen LogP contribution in [0.5, 0.6) is 0 Å². The number of halogens is 2. The second-order valence-corrected chi connectivity index (χ2v) is 6.13. The lowest BCUT2D eigenvalue weighted by molar-refractivity contribution is 0.0696. The third-order valence-electron chi connectivity index (χ3n) is 2.49. The van der Waals surface area contributed by atoms with E-state index in [0.29, 0.717) is 10.6 Å². The van der Waals surface area contributed by atoms with E-state index in [1.54, 1.807) is 0 Å². The van der Waals surface area contributed by atoms with Crippen molar-refractivity contribution < 1.29 is 14.3 Å². The Morgan fingerprint density at radius 2 is 1.89 bits per heavy atom. The molecule has 0 heterocycles. The van der Waals surface area contributed by atoms with Gasteiger partial charge in [-0.05, 0) is 58.5 Å². The summed E-state index contributed by atoms with van der Waals surface area (Å²) in [5.41, 5.74) is 1.18. The monoisotopic (exact) mass is 388 g/mol. The highest BCUT2D eigenvalue weighted by Crippen LogP contribution is 2.26. The van der Waals surface area contributed by atoms with Gasteiger partial charge in [-0.15, -0.1) is 11.8 Å². The lowest BCUT2D eigenvalue weighted by atomic mass is 10.2. The van der Waals surface area contributed by atoms with Crippen LogP contribution in [0, 0.1) is 9.39 Å². The molecule has 0 atom stereocenters. The van der Waals surface area contributed by atoms with E-state index in [2.05, 4.69) is 22.6 Å². The fourth-order valence-corrected chi connectivity index (χ4v) is 2.78. The zero-order valence-electron chi connectivity index (χ0n) is 9.77. The summed E-state index contributed by atoms with van der Waals surface area (Å²) in [4.78, 5) is 11.2. The summed E-state index contributed by atoms with van der Waals surface area (Å²) in [6, 6.07) is 11.8. The number of benzene rings is 2. The number of aromatic carboxylic acids is 1.